The number of anilines is 1. The predicted molar refractivity (Wildman–Crippen MR) is 124 cm³/mol. The van der Waals surface area contributed by atoms with E-state index in [0.717, 1.165) is 17.0 Å². The normalized spacial score (nSPS) is 11.6. The third-order valence-corrected chi connectivity index (χ3v) is 5.76. The Morgan fingerprint density at radius 1 is 1.00 bits per heavy atom. The van der Waals surface area contributed by atoms with Gasteiger partial charge in [-0.3, -0.25) is 4.79 Å². The minimum atomic E-state index is -0.579. The molecule has 0 fully saturated rings. The molecule has 3 rings (SSSR count). The number of rotatable bonds is 9. The summed E-state index contributed by atoms with van der Waals surface area (Å²) in [5, 5.41) is 3.01. The summed E-state index contributed by atoms with van der Waals surface area (Å²) >= 11 is 1.80. The van der Waals surface area contributed by atoms with Crippen LogP contribution in [-0.2, 0) is 10.5 Å². The van der Waals surface area contributed by atoms with Gasteiger partial charge in [0.1, 0.15) is 11.5 Å². The van der Waals surface area contributed by atoms with Crippen molar-refractivity contribution in [3.63, 3.8) is 0 Å². The minimum absolute atomic E-state index is 0.158. The Labute approximate surface area is 182 Å². The van der Waals surface area contributed by atoms with Crippen molar-refractivity contribution in [2.24, 2.45) is 0 Å². The second kappa shape index (κ2) is 10.7. The molecule has 0 aromatic heterocycles. The van der Waals surface area contributed by atoms with Gasteiger partial charge in [-0.1, -0.05) is 43.3 Å². The summed E-state index contributed by atoms with van der Waals surface area (Å²) in [7, 11) is 1.61. The molecule has 4 nitrogen and oxygen atoms in total. The number of hydrogen-bond donors (Lipinski definition) is 1. The van der Waals surface area contributed by atoms with Gasteiger partial charge in [0.2, 0.25) is 0 Å². The van der Waals surface area contributed by atoms with Gasteiger partial charge in [0, 0.05) is 22.4 Å². The third kappa shape index (κ3) is 6.04. The molecular weight excluding hydrogens is 394 g/mol. The molecule has 1 N–H and O–H groups in total. The molecule has 3 aromatic carbocycles. The van der Waals surface area contributed by atoms with Crippen molar-refractivity contribution < 1.29 is 14.3 Å². The fourth-order valence-electron chi connectivity index (χ4n) is 3.01. The van der Waals surface area contributed by atoms with E-state index in [1.54, 1.807) is 24.9 Å². The highest BCUT2D eigenvalue weighted by atomic mass is 32.2. The van der Waals surface area contributed by atoms with Gasteiger partial charge >= 0.3 is 0 Å². The molecule has 0 unspecified atom stereocenters. The molecule has 5 heteroatoms. The van der Waals surface area contributed by atoms with Crippen molar-refractivity contribution >= 4 is 23.4 Å². The second-order valence-corrected chi connectivity index (χ2v) is 7.98. The SMILES string of the molecule is CC[C@H](Oc1cccc(OC)c1)C(=O)Nc1ccc(CSc2ccccc2)cc1C. The lowest BCUT2D eigenvalue weighted by molar-refractivity contribution is -0.122. The number of hydrogen-bond acceptors (Lipinski definition) is 4. The number of methoxy groups -OCH3 is 1. The van der Waals surface area contributed by atoms with E-state index in [1.165, 1.54) is 10.5 Å². The summed E-state index contributed by atoms with van der Waals surface area (Å²) in [5.41, 5.74) is 3.06. The molecule has 0 aliphatic carbocycles. The Kier molecular flexibility index (Phi) is 7.80. The van der Waals surface area contributed by atoms with Gasteiger partial charge in [-0.15, -0.1) is 11.8 Å². The zero-order chi connectivity index (χ0) is 21.3. The molecule has 0 aliphatic rings. The van der Waals surface area contributed by atoms with Crippen LogP contribution in [0.4, 0.5) is 5.69 Å². The quantitative estimate of drug-likeness (QED) is 0.425. The number of nitrogens with one attached hydrogen (secondary N) is 1. The summed E-state index contributed by atoms with van der Waals surface area (Å²) in [6.45, 7) is 3.94. The number of carbonyl (C=O) groups is 1. The van der Waals surface area contributed by atoms with E-state index >= 15 is 0 Å². The van der Waals surface area contributed by atoms with E-state index < -0.39 is 6.10 Å². The van der Waals surface area contributed by atoms with Crippen molar-refractivity contribution in [3.05, 3.63) is 83.9 Å². The van der Waals surface area contributed by atoms with Gasteiger partial charge in [0.05, 0.1) is 7.11 Å². The first kappa shape index (κ1) is 21.8. The van der Waals surface area contributed by atoms with Crippen LogP contribution < -0.4 is 14.8 Å². The van der Waals surface area contributed by atoms with Gasteiger partial charge in [-0.2, -0.15) is 0 Å². The number of amides is 1. The van der Waals surface area contributed by atoms with Crippen LogP contribution in [0, 0.1) is 6.92 Å². The third-order valence-electron chi connectivity index (χ3n) is 4.68. The molecule has 0 radical (unpaired) electrons. The smallest absolute Gasteiger partial charge is 0.265 e. The van der Waals surface area contributed by atoms with Crippen molar-refractivity contribution in [1.29, 1.82) is 0 Å². The molecule has 3 aromatic rings. The zero-order valence-corrected chi connectivity index (χ0v) is 18.4. The molecule has 156 valence electrons. The van der Waals surface area contributed by atoms with Gasteiger partial charge in [-0.25, -0.2) is 0 Å². The van der Waals surface area contributed by atoms with E-state index in [1.807, 2.05) is 56.3 Å². The molecule has 0 spiro atoms. The lowest BCUT2D eigenvalue weighted by Crippen LogP contribution is -2.32. The monoisotopic (exact) mass is 421 g/mol. The maximum absolute atomic E-state index is 12.8. The number of benzene rings is 3. The summed E-state index contributed by atoms with van der Waals surface area (Å²) in [6.07, 6.45) is -0.0155. The van der Waals surface area contributed by atoms with Crippen LogP contribution in [0.15, 0.2) is 77.7 Å². The number of ether oxygens (including phenoxy) is 2. The van der Waals surface area contributed by atoms with Crippen LogP contribution >= 0.6 is 11.8 Å². The molecule has 1 amide bonds. The highest BCUT2D eigenvalue weighted by molar-refractivity contribution is 7.98. The van der Waals surface area contributed by atoms with Crippen LogP contribution in [0.1, 0.15) is 24.5 Å². The zero-order valence-electron chi connectivity index (χ0n) is 17.6. The van der Waals surface area contributed by atoms with E-state index in [9.17, 15) is 4.79 Å². The Balaban J connectivity index is 1.61. The molecule has 0 heterocycles. The van der Waals surface area contributed by atoms with Crippen LogP contribution in [0.5, 0.6) is 11.5 Å². The van der Waals surface area contributed by atoms with Gasteiger partial charge < -0.3 is 14.8 Å². The van der Waals surface area contributed by atoms with Gasteiger partial charge in [0.25, 0.3) is 5.91 Å². The largest absolute Gasteiger partial charge is 0.497 e. The lowest BCUT2D eigenvalue weighted by atomic mass is 10.1. The Morgan fingerprint density at radius 3 is 2.47 bits per heavy atom. The van der Waals surface area contributed by atoms with Crippen LogP contribution in [0.3, 0.4) is 0 Å². The minimum Gasteiger partial charge on any atom is -0.497 e. The summed E-state index contributed by atoms with van der Waals surface area (Å²) in [6, 6.07) is 23.8. The first-order chi connectivity index (χ1) is 14.6. The Bertz CT molecular complexity index is 975. The summed E-state index contributed by atoms with van der Waals surface area (Å²) in [4.78, 5) is 14.0. The molecule has 30 heavy (non-hydrogen) atoms. The highest BCUT2D eigenvalue weighted by Crippen LogP contribution is 2.26. The van der Waals surface area contributed by atoms with Crippen molar-refractivity contribution in [1.82, 2.24) is 0 Å². The lowest BCUT2D eigenvalue weighted by Gasteiger charge is -2.18. The van der Waals surface area contributed by atoms with E-state index in [4.69, 9.17) is 9.47 Å². The number of carbonyl (C=O) groups excluding carboxylic acids is 1. The van der Waals surface area contributed by atoms with Crippen molar-refractivity contribution in [2.45, 2.75) is 37.0 Å². The predicted octanol–water partition coefficient (Wildman–Crippen LogP) is 6.09. The molecule has 0 saturated heterocycles. The van der Waals surface area contributed by atoms with Gasteiger partial charge in [0.15, 0.2) is 6.10 Å². The topological polar surface area (TPSA) is 47.6 Å². The maximum Gasteiger partial charge on any atom is 0.265 e. The van der Waals surface area contributed by atoms with Crippen LogP contribution in [-0.4, -0.2) is 19.1 Å². The first-order valence-electron chi connectivity index (χ1n) is 9.98. The average molecular weight is 422 g/mol. The van der Waals surface area contributed by atoms with Crippen molar-refractivity contribution in [3.8, 4) is 11.5 Å². The van der Waals surface area contributed by atoms with Gasteiger partial charge in [-0.05, 0) is 54.8 Å². The number of aryl methyl sites for hydroxylation is 1. The van der Waals surface area contributed by atoms with Crippen LogP contribution in [0.25, 0.3) is 0 Å². The highest BCUT2D eigenvalue weighted by Gasteiger charge is 2.19. The fraction of sp³-hybridized carbons (Fsp3) is 0.240. The Morgan fingerprint density at radius 2 is 1.77 bits per heavy atom. The molecule has 0 bridgehead atoms. The maximum atomic E-state index is 12.8. The molecule has 0 saturated carbocycles. The second-order valence-electron chi connectivity index (χ2n) is 6.93. The Hall–Kier alpha value is -2.92. The average Bonchev–Trinajstić information content (AvgIpc) is 2.78. The summed E-state index contributed by atoms with van der Waals surface area (Å²) < 4.78 is 11.1. The first-order valence-corrected chi connectivity index (χ1v) is 11.0. The summed E-state index contributed by atoms with van der Waals surface area (Å²) in [5.74, 6) is 2.04. The van der Waals surface area contributed by atoms with E-state index in [2.05, 4.69) is 29.6 Å². The van der Waals surface area contributed by atoms with Crippen LogP contribution in [0.2, 0.25) is 0 Å². The number of thioether (sulfide) groups is 1. The molecule has 0 aliphatic heterocycles. The fourth-order valence-corrected chi connectivity index (χ4v) is 3.88. The molecule has 1 atom stereocenters. The standard InChI is InChI=1S/C25H27NO3S/c1-4-24(29-21-10-8-9-20(16-21)28-3)25(27)26-23-14-13-19(15-18(23)2)17-30-22-11-6-5-7-12-22/h5-16,24H,4,17H2,1-3H3,(H,26,27)/t24-/m0/s1. The van der Waals surface area contributed by atoms with E-state index in [-0.39, 0.29) is 5.91 Å². The molecular formula is C25H27NO3S. The van der Waals surface area contributed by atoms with E-state index in [0.29, 0.717) is 17.9 Å². The van der Waals surface area contributed by atoms with Crippen molar-refractivity contribution in [2.75, 3.05) is 12.4 Å².